The Kier molecular flexibility index (Phi) is 4.34. The molecular weight excluding hydrogens is 272 g/mol. The van der Waals surface area contributed by atoms with Crippen LogP contribution in [0.15, 0.2) is 12.1 Å². The van der Waals surface area contributed by atoms with Crippen molar-refractivity contribution in [3.05, 3.63) is 39.4 Å². The van der Waals surface area contributed by atoms with Gasteiger partial charge in [0.15, 0.2) is 0 Å². The van der Waals surface area contributed by atoms with Crippen molar-refractivity contribution in [2.45, 2.75) is 25.8 Å². The highest BCUT2D eigenvalue weighted by Gasteiger charge is 2.28. The second-order valence-corrected chi connectivity index (χ2v) is 4.29. The maximum absolute atomic E-state index is 13.6. The Bertz CT molecular complexity index is 613. The molecule has 0 aliphatic rings. The number of rotatable bonds is 4. The van der Waals surface area contributed by atoms with Crippen molar-refractivity contribution in [1.82, 2.24) is 5.32 Å². The van der Waals surface area contributed by atoms with Crippen LogP contribution in [0.1, 0.15) is 30.6 Å². The smallest absolute Gasteiger partial charge is 0.307 e. The van der Waals surface area contributed by atoms with E-state index in [2.05, 4.69) is 5.32 Å². The number of halogens is 2. The maximum atomic E-state index is 13.6. The zero-order valence-electron chi connectivity index (χ0n) is 10.7. The molecule has 1 aromatic rings. The fraction of sp³-hybridized carbons (Fsp3) is 0.333. The summed E-state index contributed by atoms with van der Waals surface area (Å²) in [6, 6.07) is 2.61. The van der Waals surface area contributed by atoms with E-state index in [1.807, 2.05) is 6.07 Å². The minimum Gasteiger partial charge on any atom is -0.334 e. The molecule has 20 heavy (non-hydrogen) atoms. The molecule has 0 saturated heterocycles. The zero-order valence-corrected chi connectivity index (χ0v) is 10.7. The van der Waals surface area contributed by atoms with Crippen molar-refractivity contribution >= 4 is 11.6 Å². The van der Waals surface area contributed by atoms with Crippen LogP contribution in [0.2, 0.25) is 0 Å². The van der Waals surface area contributed by atoms with Crippen LogP contribution in [0.25, 0.3) is 0 Å². The monoisotopic (exact) mass is 283 g/mol. The van der Waals surface area contributed by atoms with Gasteiger partial charge in [-0.1, -0.05) is 6.92 Å². The molecule has 1 unspecified atom stereocenters. The number of hydrogen-bond acceptors (Lipinski definition) is 4. The molecule has 0 heterocycles. The molecule has 0 radical (unpaired) electrons. The SMILES string of the molecule is CCC(C)(C#N)NC(=O)c1cc(F)c([N+](=O)[O-])cc1F. The molecule has 1 aromatic carbocycles. The second-order valence-electron chi connectivity index (χ2n) is 4.29. The van der Waals surface area contributed by atoms with Gasteiger partial charge < -0.3 is 5.32 Å². The summed E-state index contributed by atoms with van der Waals surface area (Å²) in [6.45, 7) is 3.06. The summed E-state index contributed by atoms with van der Waals surface area (Å²) in [7, 11) is 0. The lowest BCUT2D eigenvalue weighted by Crippen LogP contribution is -2.44. The third-order valence-corrected chi connectivity index (χ3v) is 2.82. The Balaban J connectivity index is 3.16. The fourth-order valence-electron chi connectivity index (χ4n) is 1.36. The van der Waals surface area contributed by atoms with E-state index in [9.17, 15) is 23.7 Å². The van der Waals surface area contributed by atoms with E-state index in [1.165, 1.54) is 6.92 Å². The molecule has 1 atom stereocenters. The van der Waals surface area contributed by atoms with Crippen molar-refractivity contribution < 1.29 is 18.5 Å². The van der Waals surface area contributed by atoms with Crippen LogP contribution in [-0.2, 0) is 0 Å². The van der Waals surface area contributed by atoms with Crippen molar-refractivity contribution in [3.63, 3.8) is 0 Å². The quantitative estimate of drug-likeness (QED) is 0.677. The normalized spacial score (nSPS) is 13.2. The van der Waals surface area contributed by atoms with E-state index >= 15 is 0 Å². The number of nitrogens with zero attached hydrogens (tertiary/aromatic N) is 2. The minimum absolute atomic E-state index is 0.256. The van der Waals surface area contributed by atoms with Crippen LogP contribution in [0.3, 0.4) is 0 Å². The van der Waals surface area contributed by atoms with Gasteiger partial charge in [-0.05, 0) is 19.4 Å². The first-order chi connectivity index (χ1) is 9.24. The van der Waals surface area contributed by atoms with Gasteiger partial charge in [0.1, 0.15) is 11.4 Å². The van der Waals surface area contributed by atoms with Crippen LogP contribution in [0, 0.1) is 33.1 Å². The summed E-state index contributed by atoms with van der Waals surface area (Å²) in [5.41, 5.74) is -2.98. The number of carbonyl (C=O) groups is 1. The maximum Gasteiger partial charge on any atom is 0.307 e. The molecule has 0 bridgehead atoms. The van der Waals surface area contributed by atoms with E-state index < -0.39 is 39.3 Å². The first kappa shape index (κ1) is 15.5. The molecule has 8 heteroatoms. The molecule has 1 rings (SSSR count). The summed E-state index contributed by atoms with van der Waals surface area (Å²) < 4.78 is 27.0. The molecule has 1 amide bonds. The lowest BCUT2D eigenvalue weighted by molar-refractivity contribution is -0.387. The topological polar surface area (TPSA) is 96.0 Å². The average Bonchev–Trinajstić information content (AvgIpc) is 2.40. The highest BCUT2D eigenvalue weighted by molar-refractivity contribution is 5.95. The number of amides is 1. The third-order valence-electron chi connectivity index (χ3n) is 2.82. The first-order valence-electron chi connectivity index (χ1n) is 5.61. The first-order valence-corrected chi connectivity index (χ1v) is 5.61. The number of nitrogens with one attached hydrogen (secondary N) is 1. The Morgan fingerprint density at radius 3 is 2.55 bits per heavy atom. The number of hydrogen-bond donors (Lipinski definition) is 1. The van der Waals surface area contributed by atoms with Gasteiger partial charge in [0.25, 0.3) is 5.91 Å². The van der Waals surface area contributed by atoms with E-state index in [1.54, 1.807) is 6.92 Å². The van der Waals surface area contributed by atoms with Crippen LogP contribution in [-0.4, -0.2) is 16.4 Å². The summed E-state index contributed by atoms with van der Waals surface area (Å²) in [5.74, 6) is -3.56. The van der Waals surface area contributed by atoms with Crippen molar-refractivity contribution in [3.8, 4) is 6.07 Å². The van der Waals surface area contributed by atoms with Gasteiger partial charge in [-0.3, -0.25) is 14.9 Å². The molecular formula is C12H11F2N3O3. The molecule has 0 saturated carbocycles. The third kappa shape index (κ3) is 3.06. The number of nitro groups is 1. The molecule has 0 aromatic heterocycles. The van der Waals surface area contributed by atoms with Gasteiger partial charge >= 0.3 is 5.69 Å². The number of nitriles is 1. The van der Waals surface area contributed by atoms with Crippen molar-refractivity contribution in [2.24, 2.45) is 0 Å². The highest BCUT2D eigenvalue weighted by atomic mass is 19.1. The standard InChI is InChI=1S/C12H11F2N3O3/c1-3-12(2,6-15)16-11(18)7-4-9(14)10(17(19)20)5-8(7)13/h4-5H,3H2,1-2H3,(H,16,18). The lowest BCUT2D eigenvalue weighted by Gasteiger charge is -2.21. The minimum atomic E-state index is -1.32. The number of nitro benzene ring substituents is 1. The van der Waals surface area contributed by atoms with Crippen molar-refractivity contribution in [2.75, 3.05) is 0 Å². The Hall–Kier alpha value is -2.56. The Morgan fingerprint density at radius 1 is 1.50 bits per heavy atom. The molecule has 0 aliphatic carbocycles. The molecule has 0 fully saturated rings. The predicted molar refractivity (Wildman–Crippen MR) is 64.8 cm³/mol. The largest absolute Gasteiger partial charge is 0.334 e. The van der Waals surface area contributed by atoms with Gasteiger partial charge in [0, 0.05) is 0 Å². The average molecular weight is 283 g/mol. The summed E-state index contributed by atoms with van der Waals surface area (Å²) in [6.07, 6.45) is 0.256. The predicted octanol–water partition coefficient (Wildman–Crippen LogP) is 2.30. The van der Waals surface area contributed by atoms with E-state index in [0.717, 1.165) is 0 Å². The lowest BCUT2D eigenvalue weighted by atomic mass is 10.0. The van der Waals surface area contributed by atoms with Crippen LogP contribution in [0.4, 0.5) is 14.5 Å². The van der Waals surface area contributed by atoms with Gasteiger partial charge in [0.05, 0.1) is 22.6 Å². The van der Waals surface area contributed by atoms with Crippen LogP contribution >= 0.6 is 0 Å². The zero-order chi connectivity index (χ0) is 15.5. The molecule has 106 valence electrons. The second kappa shape index (κ2) is 5.61. The molecule has 6 nitrogen and oxygen atoms in total. The Labute approximate surface area is 113 Å². The highest BCUT2D eigenvalue weighted by Crippen LogP contribution is 2.22. The van der Waals surface area contributed by atoms with E-state index in [-0.39, 0.29) is 6.42 Å². The number of benzene rings is 1. The summed E-state index contributed by atoms with van der Waals surface area (Å²) in [4.78, 5) is 21.1. The van der Waals surface area contributed by atoms with Crippen LogP contribution in [0.5, 0.6) is 0 Å². The molecule has 0 spiro atoms. The van der Waals surface area contributed by atoms with Gasteiger partial charge in [0.2, 0.25) is 5.82 Å². The van der Waals surface area contributed by atoms with E-state index in [0.29, 0.717) is 12.1 Å². The molecule has 0 aliphatic heterocycles. The van der Waals surface area contributed by atoms with Gasteiger partial charge in [-0.15, -0.1) is 0 Å². The number of carbonyl (C=O) groups excluding carboxylic acids is 1. The Morgan fingerprint density at radius 2 is 2.10 bits per heavy atom. The summed E-state index contributed by atoms with van der Waals surface area (Å²) in [5, 5.41) is 21.6. The van der Waals surface area contributed by atoms with Gasteiger partial charge in [-0.2, -0.15) is 9.65 Å². The van der Waals surface area contributed by atoms with Crippen molar-refractivity contribution in [1.29, 1.82) is 5.26 Å². The summed E-state index contributed by atoms with van der Waals surface area (Å²) >= 11 is 0. The van der Waals surface area contributed by atoms with Crippen LogP contribution < -0.4 is 5.32 Å². The van der Waals surface area contributed by atoms with Gasteiger partial charge in [-0.25, -0.2) is 4.39 Å². The fourth-order valence-corrected chi connectivity index (χ4v) is 1.36. The van der Waals surface area contributed by atoms with E-state index in [4.69, 9.17) is 5.26 Å². The molecule has 1 N–H and O–H groups in total.